The SMILES string of the molecule is CNCC1CCN(c2cccc(OCC3CCCO3)c2)C1. The van der Waals surface area contributed by atoms with Crippen LogP contribution in [0.4, 0.5) is 5.69 Å². The van der Waals surface area contributed by atoms with Crippen LogP contribution in [0.15, 0.2) is 24.3 Å². The highest BCUT2D eigenvalue weighted by atomic mass is 16.5. The van der Waals surface area contributed by atoms with E-state index >= 15 is 0 Å². The molecule has 4 heteroatoms. The van der Waals surface area contributed by atoms with Crippen molar-refractivity contribution in [1.82, 2.24) is 5.32 Å². The molecule has 0 amide bonds. The van der Waals surface area contributed by atoms with E-state index in [0.717, 1.165) is 50.8 Å². The van der Waals surface area contributed by atoms with E-state index in [1.807, 2.05) is 13.1 Å². The third kappa shape index (κ3) is 3.89. The Kier molecular flexibility index (Phi) is 4.99. The van der Waals surface area contributed by atoms with Crippen LogP contribution in [0, 0.1) is 5.92 Å². The summed E-state index contributed by atoms with van der Waals surface area (Å²) in [7, 11) is 2.03. The number of hydrogen-bond donors (Lipinski definition) is 1. The van der Waals surface area contributed by atoms with E-state index < -0.39 is 0 Å². The van der Waals surface area contributed by atoms with E-state index in [4.69, 9.17) is 9.47 Å². The molecule has 2 aliphatic heterocycles. The second kappa shape index (κ2) is 7.14. The third-order valence-corrected chi connectivity index (χ3v) is 4.42. The van der Waals surface area contributed by atoms with Gasteiger partial charge in [-0.3, -0.25) is 0 Å². The van der Waals surface area contributed by atoms with E-state index in [0.29, 0.717) is 6.61 Å². The van der Waals surface area contributed by atoms with Crippen molar-refractivity contribution in [2.45, 2.75) is 25.4 Å². The number of anilines is 1. The molecule has 2 atom stereocenters. The first-order valence-corrected chi connectivity index (χ1v) is 8.09. The van der Waals surface area contributed by atoms with Gasteiger partial charge >= 0.3 is 0 Å². The van der Waals surface area contributed by atoms with Crippen molar-refractivity contribution in [1.29, 1.82) is 0 Å². The zero-order chi connectivity index (χ0) is 14.5. The first kappa shape index (κ1) is 14.7. The molecule has 1 aromatic rings. The van der Waals surface area contributed by atoms with Crippen molar-refractivity contribution in [3.05, 3.63) is 24.3 Å². The fraction of sp³-hybridized carbons (Fsp3) is 0.647. The van der Waals surface area contributed by atoms with Crippen LogP contribution >= 0.6 is 0 Å². The van der Waals surface area contributed by atoms with Crippen LogP contribution in [0.2, 0.25) is 0 Å². The minimum Gasteiger partial charge on any atom is -0.491 e. The molecular weight excluding hydrogens is 264 g/mol. The van der Waals surface area contributed by atoms with Gasteiger partial charge in [-0.2, -0.15) is 0 Å². The molecule has 2 aliphatic rings. The molecule has 1 aromatic carbocycles. The van der Waals surface area contributed by atoms with Gasteiger partial charge in [0.15, 0.2) is 0 Å². The molecule has 0 saturated carbocycles. The highest BCUT2D eigenvalue weighted by Crippen LogP contribution is 2.27. The lowest BCUT2D eigenvalue weighted by molar-refractivity contribution is 0.0680. The maximum Gasteiger partial charge on any atom is 0.121 e. The fourth-order valence-corrected chi connectivity index (χ4v) is 3.26. The number of benzene rings is 1. The van der Waals surface area contributed by atoms with Crippen LogP contribution in [0.5, 0.6) is 5.75 Å². The van der Waals surface area contributed by atoms with Crippen LogP contribution in [0.25, 0.3) is 0 Å². The van der Waals surface area contributed by atoms with Gasteiger partial charge < -0.3 is 19.7 Å². The highest BCUT2D eigenvalue weighted by Gasteiger charge is 2.22. The highest BCUT2D eigenvalue weighted by molar-refractivity contribution is 5.51. The summed E-state index contributed by atoms with van der Waals surface area (Å²) < 4.78 is 11.5. The number of ether oxygens (including phenoxy) is 2. The van der Waals surface area contributed by atoms with Crippen molar-refractivity contribution in [3.63, 3.8) is 0 Å². The average molecular weight is 290 g/mol. The molecule has 116 valence electrons. The number of rotatable bonds is 6. The summed E-state index contributed by atoms with van der Waals surface area (Å²) in [5.74, 6) is 1.71. The predicted octanol–water partition coefficient (Wildman–Crippen LogP) is 2.29. The van der Waals surface area contributed by atoms with Crippen LogP contribution in [-0.4, -0.2) is 46.0 Å². The zero-order valence-electron chi connectivity index (χ0n) is 12.9. The average Bonchev–Trinajstić information content (AvgIpc) is 3.17. The molecule has 1 N–H and O–H groups in total. The Hall–Kier alpha value is -1.26. The van der Waals surface area contributed by atoms with Gasteiger partial charge in [0, 0.05) is 31.5 Å². The molecule has 4 nitrogen and oxygen atoms in total. The summed E-state index contributed by atoms with van der Waals surface area (Å²) in [5, 5.41) is 3.28. The molecule has 0 aromatic heterocycles. The van der Waals surface area contributed by atoms with Gasteiger partial charge in [0.1, 0.15) is 12.4 Å². The van der Waals surface area contributed by atoms with Gasteiger partial charge in [0.05, 0.1) is 6.10 Å². The number of nitrogens with one attached hydrogen (secondary N) is 1. The van der Waals surface area contributed by atoms with E-state index in [1.54, 1.807) is 0 Å². The van der Waals surface area contributed by atoms with Crippen LogP contribution < -0.4 is 15.0 Å². The number of hydrogen-bond acceptors (Lipinski definition) is 4. The van der Waals surface area contributed by atoms with Gasteiger partial charge in [0.2, 0.25) is 0 Å². The molecule has 2 heterocycles. The normalized spacial score (nSPS) is 25.5. The largest absolute Gasteiger partial charge is 0.491 e. The summed E-state index contributed by atoms with van der Waals surface area (Å²) in [4.78, 5) is 2.46. The molecule has 2 unspecified atom stereocenters. The Morgan fingerprint density at radius 2 is 2.33 bits per heavy atom. The summed E-state index contributed by atoms with van der Waals surface area (Å²) in [6.45, 7) is 4.93. The molecule has 0 aliphatic carbocycles. The van der Waals surface area contributed by atoms with E-state index in [-0.39, 0.29) is 6.10 Å². The third-order valence-electron chi connectivity index (χ3n) is 4.42. The van der Waals surface area contributed by atoms with Crippen molar-refractivity contribution < 1.29 is 9.47 Å². The van der Waals surface area contributed by atoms with Gasteiger partial charge in [-0.05, 0) is 50.9 Å². The lowest BCUT2D eigenvalue weighted by Gasteiger charge is -2.20. The maximum absolute atomic E-state index is 5.90. The van der Waals surface area contributed by atoms with Crippen molar-refractivity contribution in [2.24, 2.45) is 5.92 Å². The molecular formula is C17H26N2O2. The first-order chi connectivity index (χ1) is 10.3. The minimum absolute atomic E-state index is 0.278. The molecule has 0 radical (unpaired) electrons. The quantitative estimate of drug-likeness (QED) is 0.871. The molecule has 0 spiro atoms. The molecule has 2 saturated heterocycles. The molecule has 0 bridgehead atoms. The Morgan fingerprint density at radius 1 is 1.38 bits per heavy atom. The maximum atomic E-state index is 5.90. The lowest BCUT2D eigenvalue weighted by atomic mass is 10.1. The number of nitrogens with zero attached hydrogens (tertiary/aromatic N) is 1. The molecule has 3 rings (SSSR count). The van der Waals surface area contributed by atoms with Crippen LogP contribution in [-0.2, 0) is 4.74 Å². The minimum atomic E-state index is 0.278. The Balaban J connectivity index is 1.55. The van der Waals surface area contributed by atoms with Crippen LogP contribution in [0.3, 0.4) is 0 Å². The predicted molar refractivity (Wildman–Crippen MR) is 85.2 cm³/mol. The Bertz CT molecular complexity index is 446. The molecule has 2 fully saturated rings. The van der Waals surface area contributed by atoms with Gasteiger partial charge in [-0.15, -0.1) is 0 Å². The summed E-state index contributed by atoms with van der Waals surface area (Å²) in [6.07, 6.45) is 3.83. The van der Waals surface area contributed by atoms with E-state index in [1.165, 1.54) is 12.1 Å². The van der Waals surface area contributed by atoms with Crippen LogP contribution in [0.1, 0.15) is 19.3 Å². The fourth-order valence-electron chi connectivity index (χ4n) is 3.26. The smallest absolute Gasteiger partial charge is 0.121 e. The second-order valence-corrected chi connectivity index (χ2v) is 6.10. The monoisotopic (exact) mass is 290 g/mol. The van der Waals surface area contributed by atoms with E-state index in [2.05, 4.69) is 28.4 Å². The van der Waals surface area contributed by atoms with E-state index in [9.17, 15) is 0 Å². The summed E-state index contributed by atoms with van der Waals surface area (Å²) in [6, 6.07) is 8.47. The first-order valence-electron chi connectivity index (χ1n) is 8.09. The Labute approximate surface area is 127 Å². The molecule has 21 heavy (non-hydrogen) atoms. The van der Waals surface area contributed by atoms with Gasteiger partial charge in [-0.1, -0.05) is 6.07 Å². The van der Waals surface area contributed by atoms with Gasteiger partial charge in [0.25, 0.3) is 0 Å². The Morgan fingerprint density at radius 3 is 3.14 bits per heavy atom. The lowest BCUT2D eigenvalue weighted by Crippen LogP contribution is -2.24. The zero-order valence-corrected chi connectivity index (χ0v) is 12.9. The van der Waals surface area contributed by atoms with Crippen molar-refractivity contribution in [3.8, 4) is 5.75 Å². The topological polar surface area (TPSA) is 33.7 Å². The summed E-state index contributed by atoms with van der Waals surface area (Å²) in [5.41, 5.74) is 1.28. The standard InChI is InChI=1S/C17H26N2O2/c1-18-11-14-7-8-19(12-14)15-4-2-5-16(10-15)21-13-17-6-3-9-20-17/h2,4-5,10,14,17-18H,3,6-9,11-13H2,1H3. The van der Waals surface area contributed by atoms with Gasteiger partial charge in [-0.25, -0.2) is 0 Å². The summed E-state index contributed by atoms with van der Waals surface area (Å²) >= 11 is 0. The van der Waals surface area contributed by atoms with Crippen molar-refractivity contribution in [2.75, 3.05) is 44.8 Å². The van der Waals surface area contributed by atoms with Crippen molar-refractivity contribution >= 4 is 5.69 Å². The second-order valence-electron chi connectivity index (χ2n) is 6.10.